The summed E-state index contributed by atoms with van der Waals surface area (Å²) in [7, 11) is 0. The first kappa shape index (κ1) is 16.9. The van der Waals surface area contributed by atoms with Crippen molar-refractivity contribution in [3.63, 3.8) is 0 Å². The largest absolute Gasteiger partial charge is 0.378 e. The van der Waals surface area contributed by atoms with E-state index in [9.17, 15) is 0 Å². The van der Waals surface area contributed by atoms with Gasteiger partial charge in [-0.3, -0.25) is 10.00 Å². The molecule has 2 aromatic heterocycles. The maximum atomic E-state index is 5.32. The first-order chi connectivity index (χ1) is 13.2. The molecule has 0 bridgehead atoms. The van der Waals surface area contributed by atoms with Gasteiger partial charge in [-0.2, -0.15) is 5.10 Å². The first-order valence-corrected chi connectivity index (χ1v) is 9.99. The second kappa shape index (κ2) is 7.09. The van der Waals surface area contributed by atoms with Crippen LogP contribution in [-0.2, 0) is 4.74 Å². The highest BCUT2D eigenvalue weighted by Gasteiger charge is 2.29. The molecule has 1 aliphatic carbocycles. The van der Waals surface area contributed by atoms with Crippen molar-refractivity contribution in [1.82, 2.24) is 25.1 Å². The topological polar surface area (TPSA) is 82.2 Å². The minimum absolute atomic E-state index is 0.612. The number of H-pyrrole nitrogens is 1. The lowest BCUT2D eigenvalue weighted by atomic mass is 9.83. The number of anilines is 3. The van der Waals surface area contributed by atoms with Crippen molar-refractivity contribution >= 4 is 17.5 Å². The Morgan fingerprint density at radius 3 is 2.56 bits per heavy atom. The van der Waals surface area contributed by atoms with Gasteiger partial charge in [-0.05, 0) is 19.8 Å². The average Bonchev–Trinajstić information content (AvgIpc) is 2.99. The summed E-state index contributed by atoms with van der Waals surface area (Å²) in [6.45, 7) is 7.80. The molecule has 2 N–H and O–H groups in total. The number of hydrogen-bond donors (Lipinski definition) is 2. The summed E-state index contributed by atoms with van der Waals surface area (Å²) in [5.41, 5.74) is 1.23. The molecule has 8 nitrogen and oxygen atoms in total. The second-order valence-corrected chi connectivity index (χ2v) is 7.83. The molecule has 1 saturated carbocycles. The van der Waals surface area contributed by atoms with Gasteiger partial charge in [-0.1, -0.05) is 6.42 Å². The van der Waals surface area contributed by atoms with E-state index < -0.39 is 0 Å². The minimum Gasteiger partial charge on any atom is -0.378 e. The van der Waals surface area contributed by atoms with Crippen molar-refractivity contribution < 1.29 is 4.74 Å². The number of rotatable bonds is 5. The summed E-state index contributed by atoms with van der Waals surface area (Å²) in [6.07, 6.45) is 3.84. The van der Waals surface area contributed by atoms with Crippen molar-refractivity contribution in [2.45, 2.75) is 38.1 Å². The Morgan fingerprint density at radius 1 is 1.07 bits per heavy atom. The van der Waals surface area contributed by atoms with E-state index in [1.807, 2.05) is 13.0 Å². The highest BCUT2D eigenvalue weighted by Crippen LogP contribution is 2.36. The van der Waals surface area contributed by atoms with Crippen LogP contribution in [0.4, 0.5) is 17.5 Å². The number of piperazine rings is 1. The van der Waals surface area contributed by atoms with Gasteiger partial charge in [0.05, 0.1) is 19.3 Å². The Hall–Kier alpha value is -2.19. The molecule has 0 radical (unpaired) electrons. The SMILES string of the molecule is Cc1nc(Nc2cc(C3CCC3)[nH]n2)cc(N2CCN(C3COC3)CC2)n1. The molecular formula is C19H27N7O. The number of hydrogen-bond acceptors (Lipinski definition) is 7. The number of aryl methyl sites for hydroxylation is 1. The molecule has 27 heavy (non-hydrogen) atoms. The zero-order valence-corrected chi connectivity index (χ0v) is 15.8. The minimum atomic E-state index is 0.612. The summed E-state index contributed by atoms with van der Waals surface area (Å²) >= 11 is 0. The molecule has 0 spiro atoms. The van der Waals surface area contributed by atoms with E-state index in [0.717, 1.165) is 62.7 Å². The van der Waals surface area contributed by atoms with Crippen molar-refractivity contribution in [2.24, 2.45) is 0 Å². The van der Waals surface area contributed by atoms with Crippen LogP contribution in [0.15, 0.2) is 12.1 Å². The molecule has 0 unspecified atom stereocenters. The van der Waals surface area contributed by atoms with Gasteiger partial charge in [0.15, 0.2) is 5.82 Å². The van der Waals surface area contributed by atoms with Crippen molar-refractivity contribution in [3.8, 4) is 0 Å². The van der Waals surface area contributed by atoms with Crippen LogP contribution < -0.4 is 10.2 Å². The van der Waals surface area contributed by atoms with Crippen molar-refractivity contribution in [2.75, 3.05) is 49.6 Å². The lowest BCUT2D eigenvalue weighted by Gasteiger charge is -2.42. The lowest BCUT2D eigenvalue weighted by Crippen LogP contribution is -2.56. The van der Waals surface area contributed by atoms with E-state index >= 15 is 0 Å². The standard InChI is InChI=1S/C19H27N7O/c1-13-20-17(22-18-9-16(23-24-18)14-3-2-4-14)10-19(21-13)26-7-5-25(6-8-26)15-11-27-12-15/h9-10,14-15H,2-8,11-12H2,1H3,(H2,20,21,22,23,24). The van der Waals surface area contributed by atoms with Crippen LogP contribution in [0.3, 0.4) is 0 Å². The van der Waals surface area contributed by atoms with Crippen LogP contribution in [0.5, 0.6) is 0 Å². The van der Waals surface area contributed by atoms with Crippen LogP contribution in [0, 0.1) is 6.92 Å². The van der Waals surface area contributed by atoms with E-state index in [1.54, 1.807) is 0 Å². The molecule has 5 rings (SSSR count). The monoisotopic (exact) mass is 369 g/mol. The molecule has 3 fully saturated rings. The fourth-order valence-electron chi connectivity index (χ4n) is 3.99. The fourth-order valence-corrected chi connectivity index (χ4v) is 3.99. The lowest BCUT2D eigenvalue weighted by molar-refractivity contribution is -0.0661. The molecule has 4 heterocycles. The summed E-state index contributed by atoms with van der Waals surface area (Å²) in [5.74, 6) is 4.05. The zero-order chi connectivity index (χ0) is 18.2. The highest BCUT2D eigenvalue weighted by atomic mass is 16.5. The molecule has 2 aliphatic heterocycles. The van der Waals surface area contributed by atoms with Gasteiger partial charge in [0.2, 0.25) is 0 Å². The summed E-state index contributed by atoms with van der Waals surface area (Å²) < 4.78 is 5.32. The summed E-state index contributed by atoms with van der Waals surface area (Å²) in [5, 5.41) is 10.9. The zero-order valence-electron chi connectivity index (χ0n) is 15.8. The fraction of sp³-hybridized carbons (Fsp3) is 0.632. The van der Waals surface area contributed by atoms with Crippen LogP contribution in [0.25, 0.3) is 0 Å². The number of nitrogens with one attached hydrogen (secondary N) is 2. The Morgan fingerprint density at radius 2 is 1.89 bits per heavy atom. The Labute approximate surface area is 159 Å². The Kier molecular flexibility index (Phi) is 4.45. The third-order valence-electron chi connectivity index (χ3n) is 6.00. The van der Waals surface area contributed by atoms with E-state index in [4.69, 9.17) is 4.74 Å². The van der Waals surface area contributed by atoms with Gasteiger partial charge in [0.1, 0.15) is 17.5 Å². The van der Waals surface area contributed by atoms with Gasteiger partial charge in [0, 0.05) is 49.9 Å². The van der Waals surface area contributed by atoms with Gasteiger partial charge in [-0.15, -0.1) is 0 Å². The maximum absolute atomic E-state index is 5.32. The van der Waals surface area contributed by atoms with Crippen molar-refractivity contribution in [3.05, 3.63) is 23.7 Å². The average molecular weight is 369 g/mol. The second-order valence-electron chi connectivity index (χ2n) is 7.83. The molecule has 2 aromatic rings. The van der Waals surface area contributed by atoms with Crippen LogP contribution >= 0.6 is 0 Å². The third kappa shape index (κ3) is 3.51. The Balaban J connectivity index is 1.26. The highest BCUT2D eigenvalue weighted by molar-refractivity contribution is 5.57. The third-order valence-corrected chi connectivity index (χ3v) is 6.00. The molecule has 0 amide bonds. The van der Waals surface area contributed by atoms with Crippen LogP contribution in [0.2, 0.25) is 0 Å². The number of aromatic amines is 1. The molecule has 3 aliphatic rings. The van der Waals surface area contributed by atoms with Crippen LogP contribution in [-0.4, -0.2) is 70.5 Å². The molecular weight excluding hydrogens is 342 g/mol. The predicted molar refractivity (Wildman–Crippen MR) is 104 cm³/mol. The summed E-state index contributed by atoms with van der Waals surface area (Å²) in [4.78, 5) is 14.1. The van der Waals surface area contributed by atoms with Gasteiger partial charge in [0.25, 0.3) is 0 Å². The normalized spacial score (nSPS) is 21.7. The number of ether oxygens (including phenoxy) is 1. The van der Waals surface area contributed by atoms with Crippen molar-refractivity contribution in [1.29, 1.82) is 0 Å². The van der Waals surface area contributed by atoms with Gasteiger partial charge in [-0.25, -0.2) is 9.97 Å². The quantitative estimate of drug-likeness (QED) is 0.834. The number of nitrogens with zero attached hydrogens (tertiary/aromatic N) is 5. The van der Waals surface area contributed by atoms with Gasteiger partial charge < -0.3 is 15.0 Å². The van der Waals surface area contributed by atoms with E-state index in [2.05, 4.69) is 41.3 Å². The van der Waals surface area contributed by atoms with Crippen LogP contribution in [0.1, 0.15) is 36.7 Å². The number of aromatic nitrogens is 4. The Bertz CT molecular complexity index is 791. The van der Waals surface area contributed by atoms with E-state index in [1.165, 1.54) is 25.0 Å². The maximum Gasteiger partial charge on any atom is 0.153 e. The molecule has 144 valence electrons. The summed E-state index contributed by atoms with van der Waals surface area (Å²) in [6, 6.07) is 4.76. The van der Waals surface area contributed by atoms with E-state index in [0.29, 0.717) is 12.0 Å². The smallest absolute Gasteiger partial charge is 0.153 e. The molecule has 8 heteroatoms. The van der Waals surface area contributed by atoms with E-state index in [-0.39, 0.29) is 0 Å². The molecule has 0 aromatic carbocycles. The molecule has 0 atom stereocenters. The van der Waals surface area contributed by atoms with Gasteiger partial charge >= 0.3 is 0 Å². The molecule has 2 saturated heterocycles. The first-order valence-electron chi connectivity index (χ1n) is 9.99. The predicted octanol–water partition coefficient (Wildman–Crippen LogP) is 2.04.